The Bertz CT molecular complexity index is 413. The Morgan fingerprint density at radius 1 is 1.39 bits per heavy atom. The molecule has 4 heteroatoms. The second-order valence-corrected chi connectivity index (χ2v) is 6.92. The number of rotatable bonds is 4. The van der Waals surface area contributed by atoms with Crippen molar-refractivity contribution in [1.29, 1.82) is 0 Å². The molecular formula is C14H20FNOS. The number of nitrogens with one attached hydrogen (secondary N) is 1. The molecule has 0 bridgehead atoms. The fourth-order valence-electron chi connectivity index (χ4n) is 1.63. The van der Waals surface area contributed by atoms with Gasteiger partial charge in [0.05, 0.1) is 18.5 Å². The Morgan fingerprint density at radius 2 is 2.11 bits per heavy atom. The van der Waals surface area contributed by atoms with Gasteiger partial charge in [-0.3, -0.25) is 0 Å². The third-order valence-electron chi connectivity index (χ3n) is 2.75. The molecule has 0 amide bonds. The van der Waals surface area contributed by atoms with Crippen molar-refractivity contribution in [3.8, 4) is 0 Å². The van der Waals surface area contributed by atoms with Crippen LogP contribution in [-0.2, 0) is 11.3 Å². The second kappa shape index (κ2) is 5.59. The maximum absolute atomic E-state index is 13.9. The summed E-state index contributed by atoms with van der Waals surface area (Å²) in [5.74, 6) is -0.125. The van der Waals surface area contributed by atoms with Crippen molar-refractivity contribution in [2.45, 2.75) is 43.0 Å². The molecule has 0 atom stereocenters. The molecule has 100 valence electrons. The first-order valence-electron chi connectivity index (χ1n) is 6.22. The largest absolute Gasteiger partial charge is 0.379 e. The van der Waals surface area contributed by atoms with E-state index in [1.54, 1.807) is 17.8 Å². The molecule has 0 unspecified atom stereocenters. The maximum Gasteiger partial charge on any atom is 0.137 e. The highest BCUT2D eigenvalue weighted by Crippen LogP contribution is 2.33. The highest BCUT2D eigenvalue weighted by molar-refractivity contribution is 8.00. The van der Waals surface area contributed by atoms with Crippen molar-refractivity contribution in [3.05, 3.63) is 29.6 Å². The van der Waals surface area contributed by atoms with Gasteiger partial charge < -0.3 is 10.1 Å². The van der Waals surface area contributed by atoms with Crippen LogP contribution in [0, 0.1) is 5.82 Å². The minimum Gasteiger partial charge on any atom is -0.379 e. The summed E-state index contributed by atoms with van der Waals surface area (Å²) in [6.45, 7) is 8.48. The predicted molar refractivity (Wildman–Crippen MR) is 73.5 cm³/mol. The Balaban J connectivity index is 2.09. The average Bonchev–Trinajstić information content (AvgIpc) is 2.21. The molecular weight excluding hydrogens is 249 g/mol. The second-order valence-electron chi connectivity index (χ2n) is 5.61. The lowest BCUT2D eigenvalue weighted by atomic mass is 10.1. The fraction of sp³-hybridized carbons (Fsp3) is 0.571. The van der Waals surface area contributed by atoms with E-state index in [1.165, 1.54) is 6.07 Å². The Kier molecular flexibility index (Phi) is 4.30. The molecule has 0 aliphatic carbocycles. The third-order valence-corrected chi connectivity index (χ3v) is 4.05. The number of hydrogen-bond acceptors (Lipinski definition) is 3. The van der Waals surface area contributed by atoms with Gasteiger partial charge in [-0.25, -0.2) is 4.39 Å². The zero-order chi connectivity index (χ0) is 13.2. The zero-order valence-corrected chi connectivity index (χ0v) is 11.9. The van der Waals surface area contributed by atoms with E-state index in [2.05, 4.69) is 26.1 Å². The van der Waals surface area contributed by atoms with Crippen molar-refractivity contribution >= 4 is 11.8 Å². The van der Waals surface area contributed by atoms with Crippen LogP contribution in [0.5, 0.6) is 0 Å². The Labute approximate surface area is 112 Å². The summed E-state index contributed by atoms with van der Waals surface area (Å²) >= 11 is 1.59. The molecule has 1 heterocycles. The quantitative estimate of drug-likeness (QED) is 0.907. The van der Waals surface area contributed by atoms with Gasteiger partial charge in [-0.2, -0.15) is 0 Å². The van der Waals surface area contributed by atoms with E-state index in [0.29, 0.717) is 11.8 Å². The van der Waals surface area contributed by atoms with E-state index in [1.807, 2.05) is 6.07 Å². The van der Waals surface area contributed by atoms with E-state index < -0.39 is 0 Å². The number of benzene rings is 1. The van der Waals surface area contributed by atoms with Crippen molar-refractivity contribution < 1.29 is 9.13 Å². The van der Waals surface area contributed by atoms with Gasteiger partial charge in [0.25, 0.3) is 0 Å². The summed E-state index contributed by atoms with van der Waals surface area (Å²) in [7, 11) is 0. The van der Waals surface area contributed by atoms with Gasteiger partial charge in [-0.1, -0.05) is 12.1 Å². The van der Waals surface area contributed by atoms with Crippen LogP contribution < -0.4 is 5.32 Å². The summed E-state index contributed by atoms with van der Waals surface area (Å²) in [6, 6.07) is 5.29. The molecule has 0 aromatic heterocycles. The van der Waals surface area contributed by atoms with Crippen LogP contribution in [0.3, 0.4) is 0 Å². The Morgan fingerprint density at radius 3 is 2.67 bits per heavy atom. The van der Waals surface area contributed by atoms with Crippen LogP contribution in [0.2, 0.25) is 0 Å². The van der Waals surface area contributed by atoms with Gasteiger partial charge in [0, 0.05) is 17.0 Å². The van der Waals surface area contributed by atoms with Crippen LogP contribution in [0.4, 0.5) is 4.39 Å². The molecule has 0 radical (unpaired) electrons. The summed E-state index contributed by atoms with van der Waals surface area (Å²) in [5, 5.41) is 3.80. The first kappa shape index (κ1) is 13.8. The molecule has 1 saturated heterocycles. The number of hydrogen-bond donors (Lipinski definition) is 1. The number of ether oxygens (including phenoxy) is 1. The molecule has 0 spiro atoms. The molecule has 18 heavy (non-hydrogen) atoms. The SMILES string of the molecule is CC(C)(C)NCc1cccc(F)c1SC1COC1. The molecule has 1 N–H and O–H groups in total. The first-order valence-corrected chi connectivity index (χ1v) is 7.10. The molecule has 2 nitrogen and oxygen atoms in total. The molecule has 1 aromatic rings. The monoisotopic (exact) mass is 269 g/mol. The third kappa shape index (κ3) is 3.70. The lowest BCUT2D eigenvalue weighted by molar-refractivity contribution is 0.0454. The van der Waals surface area contributed by atoms with E-state index in [9.17, 15) is 4.39 Å². The van der Waals surface area contributed by atoms with Gasteiger partial charge in [0.1, 0.15) is 5.82 Å². The van der Waals surface area contributed by atoms with Crippen molar-refractivity contribution in [3.63, 3.8) is 0 Å². The topological polar surface area (TPSA) is 21.3 Å². The smallest absolute Gasteiger partial charge is 0.137 e. The van der Waals surface area contributed by atoms with E-state index >= 15 is 0 Å². The van der Waals surface area contributed by atoms with Crippen molar-refractivity contribution in [2.24, 2.45) is 0 Å². The van der Waals surface area contributed by atoms with Gasteiger partial charge >= 0.3 is 0 Å². The first-order chi connectivity index (χ1) is 8.46. The molecule has 2 rings (SSSR count). The van der Waals surface area contributed by atoms with Crippen molar-refractivity contribution in [1.82, 2.24) is 5.32 Å². The maximum atomic E-state index is 13.9. The van der Waals surface area contributed by atoms with E-state index in [-0.39, 0.29) is 11.4 Å². The molecule has 1 aromatic carbocycles. The lowest BCUT2D eigenvalue weighted by Gasteiger charge is -2.27. The molecule has 1 aliphatic heterocycles. The van der Waals surface area contributed by atoms with Crippen LogP contribution in [0.15, 0.2) is 23.1 Å². The summed E-state index contributed by atoms with van der Waals surface area (Å²) in [5.41, 5.74) is 1.07. The number of halogens is 1. The molecule has 0 saturated carbocycles. The van der Waals surface area contributed by atoms with Gasteiger partial charge in [-0.15, -0.1) is 11.8 Å². The highest BCUT2D eigenvalue weighted by atomic mass is 32.2. The summed E-state index contributed by atoms with van der Waals surface area (Å²) in [4.78, 5) is 0.766. The van der Waals surface area contributed by atoms with Crippen LogP contribution >= 0.6 is 11.8 Å². The van der Waals surface area contributed by atoms with Gasteiger partial charge in [0.2, 0.25) is 0 Å². The van der Waals surface area contributed by atoms with Crippen molar-refractivity contribution in [2.75, 3.05) is 13.2 Å². The molecule has 1 aliphatic rings. The van der Waals surface area contributed by atoms with Crippen LogP contribution in [0.25, 0.3) is 0 Å². The zero-order valence-electron chi connectivity index (χ0n) is 11.1. The normalized spacial score (nSPS) is 16.7. The van der Waals surface area contributed by atoms with Gasteiger partial charge in [0.15, 0.2) is 0 Å². The predicted octanol–water partition coefficient (Wildman–Crippen LogP) is 3.20. The lowest BCUT2D eigenvalue weighted by Crippen LogP contribution is -2.35. The highest BCUT2D eigenvalue weighted by Gasteiger charge is 2.23. The number of thioether (sulfide) groups is 1. The van der Waals surface area contributed by atoms with E-state index in [0.717, 1.165) is 23.7 Å². The fourth-order valence-corrected chi connectivity index (χ4v) is 2.77. The minimum atomic E-state index is -0.125. The average molecular weight is 269 g/mol. The minimum absolute atomic E-state index is 0.0356. The van der Waals surface area contributed by atoms with Crippen LogP contribution in [0.1, 0.15) is 26.3 Å². The van der Waals surface area contributed by atoms with Gasteiger partial charge in [-0.05, 0) is 32.4 Å². The van der Waals surface area contributed by atoms with E-state index in [4.69, 9.17) is 4.74 Å². The standard InChI is InChI=1S/C14H20FNOS/c1-14(2,3)16-7-10-5-4-6-12(15)13(10)18-11-8-17-9-11/h4-6,11,16H,7-9H2,1-3H3. The van der Waals surface area contributed by atoms with Crippen LogP contribution in [-0.4, -0.2) is 24.0 Å². The molecule has 1 fully saturated rings. The Hall–Kier alpha value is -0.580. The summed E-state index contributed by atoms with van der Waals surface area (Å²) < 4.78 is 19.0. The summed E-state index contributed by atoms with van der Waals surface area (Å²) in [6.07, 6.45) is 0.